The van der Waals surface area contributed by atoms with E-state index in [1.54, 1.807) is 26.1 Å². The fourth-order valence-electron chi connectivity index (χ4n) is 3.40. The molecule has 0 spiro atoms. The number of allylic oxidation sites excluding steroid dienone is 2. The van der Waals surface area contributed by atoms with Crippen LogP contribution in [0.2, 0.25) is 0 Å². The van der Waals surface area contributed by atoms with E-state index in [-0.39, 0.29) is 30.0 Å². The van der Waals surface area contributed by atoms with Gasteiger partial charge < -0.3 is 10.6 Å². The van der Waals surface area contributed by atoms with Crippen LogP contribution in [0.1, 0.15) is 66.7 Å². The normalized spacial score (nSPS) is 22.4. The first-order chi connectivity index (χ1) is 12.2. The molecule has 5 nitrogen and oxygen atoms in total. The molecule has 2 amide bonds. The lowest BCUT2D eigenvalue weighted by atomic mass is 9.71. The van der Waals surface area contributed by atoms with Crippen LogP contribution in [0.3, 0.4) is 0 Å². The van der Waals surface area contributed by atoms with Gasteiger partial charge in [-0.2, -0.15) is 0 Å². The van der Waals surface area contributed by atoms with Gasteiger partial charge in [-0.1, -0.05) is 39.0 Å². The SMILES string of the molecule is C/C=C\CC(=O)N/C(=C/C)C(=NC)C(=O)NC1CCC(C(C)(C)C)CC1. The van der Waals surface area contributed by atoms with Gasteiger partial charge in [-0.05, 0) is 50.9 Å². The van der Waals surface area contributed by atoms with Crippen LogP contribution in [0.15, 0.2) is 28.9 Å². The van der Waals surface area contributed by atoms with Crippen molar-refractivity contribution in [1.82, 2.24) is 10.6 Å². The molecule has 0 unspecified atom stereocenters. The van der Waals surface area contributed by atoms with Crippen molar-refractivity contribution < 1.29 is 9.59 Å². The number of carbonyl (C=O) groups excluding carboxylic acids is 2. The second kappa shape index (κ2) is 10.3. The summed E-state index contributed by atoms with van der Waals surface area (Å²) in [6, 6.07) is 0.176. The lowest BCUT2D eigenvalue weighted by molar-refractivity contribution is -0.119. The quantitative estimate of drug-likeness (QED) is 0.558. The Hall–Kier alpha value is -1.91. The molecule has 1 fully saturated rings. The predicted octanol–water partition coefficient (Wildman–Crippen LogP) is 3.76. The maximum absolute atomic E-state index is 12.7. The topological polar surface area (TPSA) is 70.6 Å². The summed E-state index contributed by atoms with van der Waals surface area (Å²) in [5, 5.41) is 5.87. The molecule has 2 N–H and O–H groups in total. The number of hydrogen-bond acceptors (Lipinski definition) is 3. The maximum Gasteiger partial charge on any atom is 0.271 e. The highest BCUT2D eigenvalue weighted by Crippen LogP contribution is 2.37. The van der Waals surface area contributed by atoms with Crippen molar-refractivity contribution in [3.05, 3.63) is 23.9 Å². The lowest BCUT2D eigenvalue weighted by Crippen LogP contribution is -2.44. The van der Waals surface area contributed by atoms with Gasteiger partial charge in [0.2, 0.25) is 5.91 Å². The molecule has 0 aromatic carbocycles. The Bertz CT molecular complexity index is 575. The fraction of sp³-hybridized carbons (Fsp3) is 0.667. The van der Waals surface area contributed by atoms with E-state index in [9.17, 15) is 9.59 Å². The number of carbonyl (C=O) groups is 2. The summed E-state index contributed by atoms with van der Waals surface area (Å²) in [5.41, 5.74) is 1.06. The molecule has 1 saturated carbocycles. The number of nitrogens with one attached hydrogen (secondary N) is 2. The molecular weight excluding hydrogens is 326 g/mol. The smallest absolute Gasteiger partial charge is 0.271 e. The van der Waals surface area contributed by atoms with E-state index in [0.717, 1.165) is 25.7 Å². The van der Waals surface area contributed by atoms with Crippen LogP contribution in [-0.4, -0.2) is 30.6 Å². The van der Waals surface area contributed by atoms with E-state index in [0.29, 0.717) is 17.0 Å². The van der Waals surface area contributed by atoms with Crippen molar-refractivity contribution in [3.63, 3.8) is 0 Å². The van der Waals surface area contributed by atoms with Crippen LogP contribution < -0.4 is 10.6 Å². The molecule has 0 heterocycles. The largest absolute Gasteiger partial charge is 0.348 e. The summed E-state index contributed by atoms with van der Waals surface area (Å²) in [6.07, 6.45) is 9.83. The molecule has 5 heteroatoms. The van der Waals surface area contributed by atoms with Crippen LogP contribution in [0, 0.1) is 11.3 Å². The number of amides is 2. The second-order valence-corrected chi connectivity index (χ2v) is 7.98. The molecule has 26 heavy (non-hydrogen) atoms. The Morgan fingerprint density at radius 3 is 2.19 bits per heavy atom. The van der Waals surface area contributed by atoms with Gasteiger partial charge in [0.1, 0.15) is 5.71 Å². The first kappa shape index (κ1) is 22.1. The first-order valence-electron chi connectivity index (χ1n) is 9.58. The molecule has 0 aromatic rings. The molecule has 1 rings (SSSR count). The van der Waals surface area contributed by atoms with E-state index in [4.69, 9.17) is 0 Å². The molecule has 0 bridgehead atoms. The Balaban J connectivity index is 2.65. The number of hydrogen-bond donors (Lipinski definition) is 2. The van der Waals surface area contributed by atoms with Gasteiger partial charge in [0.05, 0.1) is 5.70 Å². The van der Waals surface area contributed by atoms with Gasteiger partial charge in [-0.15, -0.1) is 0 Å². The molecule has 0 aromatic heterocycles. The summed E-state index contributed by atoms with van der Waals surface area (Å²) in [4.78, 5) is 28.7. The standard InChI is InChI=1S/C21H35N3O2/c1-7-9-10-18(25)24-17(8-2)19(22-6)20(26)23-16-13-11-15(12-14-16)21(3,4)5/h7-9,15-16H,10-14H2,1-6H3,(H,23,26)(H,24,25)/b9-7-,17-8+,22-19?. The monoisotopic (exact) mass is 361 g/mol. The van der Waals surface area contributed by atoms with Crippen LogP contribution in [0.25, 0.3) is 0 Å². The van der Waals surface area contributed by atoms with Gasteiger partial charge in [0.25, 0.3) is 5.91 Å². The predicted molar refractivity (Wildman–Crippen MR) is 108 cm³/mol. The Labute approximate surface area is 158 Å². The molecule has 0 radical (unpaired) electrons. The van der Waals surface area contributed by atoms with E-state index in [2.05, 4.69) is 36.4 Å². The fourth-order valence-corrected chi connectivity index (χ4v) is 3.40. The van der Waals surface area contributed by atoms with Gasteiger partial charge in [-0.25, -0.2) is 0 Å². The molecule has 1 aliphatic rings. The summed E-state index contributed by atoms with van der Waals surface area (Å²) < 4.78 is 0. The molecule has 0 aliphatic heterocycles. The number of aliphatic imine (C=N–C) groups is 1. The highest BCUT2D eigenvalue weighted by Gasteiger charge is 2.31. The molecule has 1 aliphatic carbocycles. The lowest BCUT2D eigenvalue weighted by Gasteiger charge is -2.37. The highest BCUT2D eigenvalue weighted by molar-refractivity contribution is 6.45. The third kappa shape index (κ3) is 6.77. The van der Waals surface area contributed by atoms with Gasteiger partial charge >= 0.3 is 0 Å². The second-order valence-electron chi connectivity index (χ2n) is 7.98. The highest BCUT2D eigenvalue weighted by atomic mass is 16.2. The van der Waals surface area contributed by atoms with Crippen LogP contribution >= 0.6 is 0 Å². The van der Waals surface area contributed by atoms with E-state index in [1.807, 2.05) is 13.0 Å². The van der Waals surface area contributed by atoms with Crippen LogP contribution in [0.4, 0.5) is 0 Å². The number of rotatable bonds is 6. The van der Waals surface area contributed by atoms with E-state index >= 15 is 0 Å². The Kier molecular flexibility index (Phi) is 8.76. The van der Waals surface area contributed by atoms with Crippen molar-refractivity contribution in [2.45, 2.75) is 72.8 Å². The third-order valence-corrected chi connectivity index (χ3v) is 5.08. The molecular formula is C21H35N3O2. The zero-order chi connectivity index (χ0) is 19.7. The van der Waals surface area contributed by atoms with Crippen molar-refractivity contribution in [3.8, 4) is 0 Å². The van der Waals surface area contributed by atoms with Crippen molar-refractivity contribution in [2.24, 2.45) is 16.3 Å². The summed E-state index contributed by atoms with van der Waals surface area (Å²) in [6.45, 7) is 10.5. The van der Waals surface area contributed by atoms with Crippen molar-refractivity contribution in [1.29, 1.82) is 0 Å². The zero-order valence-electron chi connectivity index (χ0n) is 17.2. The number of nitrogens with zero attached hydrogens (tertiary/aromatic N) is 1. The van der Waals surface area contributed by atoms with Gasteiger partial charge in [0.15, 0.2) is 0 Å². The van der Waals surface area contributed by atoms with E-state index < -0.39 is 0 Å². The van der Waals surface area contributed by atoms with Gasteiger partial charge in [0, 0.05) is 19.5 Å². The molecule has 146 valence electrons. The minimum absolute atomic E-state index is 0.157. The summed E-state index contributed by atoms with van der Waals surface area (Å²) in [7, 11) is 1.58. The Morgan fingerprint density at radius 2 is 1.73 bits per heavy atom. The van der Waals surface area contributed by atoms with Crippen LogP contribution in [0.5, 0.6) is 0 Å². The maximum atomic E-state index is 12.7. The van der Waals surface area contributed by atoms with Crippen LogP contribution in [-0.2, 0) is 9.59 Å². The van der Waals surface area contributed by atoms with Crippen molar-refractivity contribution >= 4 is 17.5 Å². The average molecular weight is 362 g/mol. The van der Waals surface area contributed by atoms with Crippen molar-refractivity contribution in [2.75, 3.05) is 7.05 Å². The summed E-state index contributed by atoms with van der Waals surface area (Å²) >= 11 is 0. The van der Waals surface area contributed by atoms with E-state index in [1.165, 1.54) is 0 Å². The first-order valence-corrected chi connectivity index (χ1v) is 9.58. The zero-order valence-corrected chi connectivity index (χ0v) is 17.2. The summed E-state index contributed by atoms with van der Waals surface area (Å²) in [5.74, 6) is 0.328. The average Bonchev–Trinajstić information content (AvgIpc) is 2.59. The third-order valence-electron chi connectivity index (χ3n) is 5.08. The van der Waals surface area contributed by atoms with Gasteiger partial charge in [-0.3, -0.25) is 14.6 Å². The molecule has 0 saturated heterocycles. The Morgan fingerprint density at radius 1 is 1.12 bits per heavy atom. The molecule has 0 atom stereocenters. The minimum atomic E-state index is -0.217. The minimum Gasteiger partial charge on any atom is -0.348 e.